The van der Waals surface area contributed by atoms with Crippen LogP contribution in [-0.2, 0) is 23.6 Å². The van der Waals surface area contributed by atoms with Gasteiger partial charge in [0.2, 0.25) is 5.95 Å². The maximum atomic E-state index is 12.8. The van der Waals surface area contributed by atoms with Crippen molar-refractivity contribution >= 4 is 5.95 Å². The molecule has 1 atom stereocenters. The lowest BCUT2D eigenvalue weighted by molar-refractivity contribution is -0.141. The molecule has 2 aromatic heterocycles. The average molecular weight is 327 g/mol. The van der Waals surface area contributed by atoms with Gasteiger partial charge in [-0.15, -0.1) is 0 Å². The summed E-state index contributed by atoms with van der Waals surface area (Å²) in [5, 5.41) is 4.12. The van der Waals surface area contributed by atoms with E-state index in [1.807, 2.05) is 13.1 Å². The lowest BCUT2D eigenvalue weighted by Gasteiger charge is -2.40. The number of hydrogen-bond acceptors (Lipinski definition) is 5. The molecule has 1 saturated heterocycles. The molecule has 124 valence electrons. The Hall–Kier alpha value is -2.16. The molecule has 0 aliphatic carbocycles. The number of aromatic nitrogens is 4. The smallest absolute Gasteiger partial charge is 0.367 e. The summed E-state index contributed by atoms with van der Waals surface area (Å²) in [5.41, 5.74) is -0.766. The predicted molar refractivity (Wildman–Crippen MR) is 75.8 cm³/mol. The van der Waals surface area contributed by atoms with Crippen LogP contribution in [0.15, 0.2) is 24.7 Å². The van der Waals surface area contributed by atoms with Gasteiger partial charge < -0.3 is 9.64 Å². The quantitative estimate of drug-likeness (QED) is 0.844. The minimum Gasteiger partial charge on any atom is -0.367 e. The van der Waals surface area contributed by atoms with Gasteiger partial charge in [-0.3, -0.25) is 4.68 Å². The third-order valence-corrected chi connectivity index (χ3v) is 3.81. The summed E-state index contributed by atoms with van der Waals surface area (Å²) in [4.78, 5) is 9.33. The topological polar surface area (TPSA) is 56.1 Å². The molecule has 9 heteroatoms. The Kier molecular flexibility index (Phi) is 3.75. The first-order chi connectivity index (χ1) is 10.8. The Labute approximate surface area is 130 Å². The second kappa shape index (κ2) is 5.48. The molecule has 1 aliphatic heterocycles. The van der Waals surface area contributed by atoms with Crippen LogP contribution in [0.5, 0.6) is 0 Å². The van der Waals surface area contributed by atoms with E-state index in [0.29, 0.717) is 19.7 Å². The van der Waals surface area contributed by atoms with Crippen LogP contribution in [0.25, 0.3) is 0 Å². The summed E-state index contributed by atoms with van der Waals surface area (Å²) < 4.78 is 45.9. The molecule has 0 N–H and O–H groups in total. The van der Waals surface area contributed by atoms with E-state index in [1.165, 1.54) is 0 Å². The van der Waals surface area contributed by atoms with Crippen LogP contribution < -0.4 is 4.90 Å². The highest BCUT2D eigenvalue weighted by molar-refractivity contribution is 5.34. The molecule has 0 bridgehead atoms. The number of hydrogen-bond donors (Lipinski definition) is 0. The highest BCUT2D eigenvalue weighted by Gasteiger charge is 2.37. The maximum Gasteiger partial charge on any atom is 0.433 e. The fraction of sp³-hybridized carbons (Fsp3) is 0.500. The largest absolute Gasteiger partial charge is 0.433 e. The van der Waals surface area contributed by atoms with Crippen LogP contribution in [0.4, 0.5) is 19.1 Å². The van der Waals surface area contributed by atoms with Crippen LogP contribution in [-0.4, -0.2) is 39.4 Å². The van der Waals surface area contributed by atoms with E-state index in [2.05, 4.69) is 15.1 Å². The van der Waals surface area contributed by atoms with Crippen molar-refractivity contribution in [3.8, 4) is 0 Å². The van der Waals surface area contributed by atoms with Crippen molar-refractivity contribution < 1.29 is 17.9 Å². The molecule has 3 heterocycles. The van der Waals surface area contributed by atoms with Gasteiger partial charge in [-0.05, 0) is 13.0 Å². The van der Waals surface area contributed by atoms with Crippen molar-refractivity contribution in [3.05, 3.63) is 35.9 Å². The summed E-state index contributed by atoms with van der Waals surface area (Å²) in [6.45, 7) is 3.02. The lowest BCUT2D eigenvalue weighted by Crippen LogP contribution is -2.49. The van der Waals surface area contributed by atoms with E-state index in [0.717, 1.165) is 17.8 Å². The monoisotopic (exact) mass is 327 g/mol. The van der Waals surface area contributed by atoms with Gasteiger partial charge in [-0.25, -0.2) is 9.97 Å². The van der Waals surface area contributed by atoms with Gasteiger partial charge in [0, 0.05) is 31.5 Å². The van der Waals surface area contributed by atoms with E-state index in [4.69, 9.17) is 4.74 Å². The molecule has 1 unspecified atom stereocenters. The summed E-state index contributed by atoms with van der Waals surface area (Å²) in [6.07, 6.45) is 0.158. The van der Waals surface area contributed by atoms with Gasteiger partial charge in [0.25, 0.3) is 0 Å². The first kappa shape index (κ1) is 15.7. The average Bonchev–Trinajstić information content (AvgIpc) is 2.94. The zero-order valence-corrected chi connectivity index (χ0v) is 12.7. The summed E-state index contributed by atoms with van der Waals surface area (Å²) in [6, 6.07) is 0.865. The zero-order chi connectivity index (χ0) is 16.7. The summed E-state index contributed by atoms with van der Waals surface area (Å²) in [5.74, 6) is 0.0539. The Morgan fingerprint density at radius 1 is 1.35 bits per heavy atom. The van der Waals surface area contributed by atoms with Crippen LogP contribution in [0.3, 0.4) is 0 Å². The number of alkyl halides is 3. The second-order valence-electron chi connectivity index (χ2n) is 5.64. The molecule has 23 heavy (non-hydrogen) atoms. The minimum atomic E-state index is -4.49. The molecular weight excluding hydrogens is 311 g/mol. The Morgan fingerprint density at radius 3 is 2.78 bits per heavy atom. The van der Waals surface area contributed by atoms with Crippen molar-refractivity contribution in [2.45, 2.75) is 18.7 Å². The van der Waals surface area contributed by atoms with Gasteiger partial charge in [0.15, 0.2) is 0 Å². The highest BCUT2D eigenvalue weighted by Crippen LogP contribution is 2.32. The SMILES string of the molecule is Cn1cc(C2(C)CN(c3nccc(C(F)(F)F)n3)CCO2)cn1. The number of anilines is 1. The molecule has 0 aromatic carbocycles. The van der Waals surface area contributed by atoms with Crippen molar-refractivity contribution in [2.24, 2.45) is 7.05 Å². The van der Waals surface area contributed by atoms with Crippen molar-refractivity contribution in [1.29, 1.82) is 0 Å². The highest BCUT2D eigenvalue weighted by atomic mass is 19.4. The molecular formula is C14H16F3N5O. The number of halogens is 3. The first-order valence-electron chi connectivity index (χ1n) is 7.06. The number of aryl methyl sites for hydroxylation is 1. The van der Waals surface area contributed by atoms with E-state index >= 15 is 0 Å². The number of nitrogens with zero attached hydrogens (tertiary/aromatic N) is 5. The molecule has 6 nitrogen and oxygen atoms in total. The first-order valence-corrected chi connectivity index (χ1v) is 7.06. The van der Waals surface area contributed by atoms with Crippen LogP contribution >= 0.6 is 0 Å². The van der Waals surface area contributed by atoms with Gasteiger partial charge in [0.05, 0.1) is 19.3 Å². The van der Waals surface area contributed by atoms with Crippen molar-refractivity contribution in [1.82, 2.24) is 19.7 Å². The fourth-order valence-corrected chi connectivity index (χ4v) is 2.57. The number of ether oxygens (including phenoxy) is 1. The van der Waals surface area contributed by atoms with E-state index < -0.39 is 17.5 Å². The van der Waals surface area contributed by atoms with Gasteiger partial charge in [-0.2, -0.15) is 18.3 Å². The summed E-state index contributed by atoms with van der Waals surface area (Å²) >= 11 is 0. The molecule has 3 rings (SSSR count). The van der Waals surface area contributed by atoms with Gasteiger partial charge in [0.1, 0.15) is 11.3 Å². The Bertz CT molecular complexity index is 702. The van der Waals surface area contributed by atoms with Gasteiger partial charge in [-0.1, -0.05) is 0 Å². The van der Waals surface area contributed by atoms with Crippen molar-refractivity contribution in [3.63, 3.8) is 0 Å². The van der Waals surface area contributed by atoms with Crippen LogP contribution in [0.1, 0.15) is 18.2 Å². The normalized spacial score (nSPS) is 22.4. The Balaban J connectivity index is 1.87. The zero-order valence-electron chi connectivity index (χ0n) is 12.7. The minimum absolute atomic E-state index is 0.0539. The predicted octanol–water partition coefficient (Wildman–Crippen LogP) is 1.98. The van der Waals surface area contributed by atoms with E-state index in [-0.39, 0.29) is 5.95 Å². The molecule has 2 aromatic rings. The number of morpholine rings is 1. The third kappa shape index (κ3) is 3.14. The summed E-state index contributed by atoms with van der Waals surface area (Å²) in [7, 11) is 1.80. The molecule has 1 aliphatic rings. The standard InChI is InChI=1S/C14H16F3N5O/c1-13(10-7-19-21(2)8-10)9-22(5-6-23-13)12-18-4-3-11(20-12)14(15,16)17/h3-4,7-8H,5-6,9H2,1-2H3. The molecule has 0 spiro atoms. The van der Waals surface area contributed by atoms with Crippen molar-refractivity contribution in [2.75, 3.05) is 24.6 Å². The molecule has 0 amide bonds. The van der Waals surface area contributed by atoms with Crippen LogP contribution in [0, 0.1) is 0 Å². The molecule has 0 saturated carbocycles. The third-order valence-electron chi connectivity index (χ3n) is 3.81. The second-order valence-corrected chi connectivity index (χ2v) is 5.64. The Morgan fingerprint density at radius 2 is 2.13 bits per heavy atom. The van der Waals surface area contributed by atoms with Crippen LogP contribution in [0.2, 0.25) is 0 Å². The van der Waals surface area contributed by atoms with E-state index in [9.17, 15) is 13.2 Å². The fourth-order valence-electron chi connectivity index (χ4n) is 2.57. The number of rotatable bonds is 2. The maximum absolute atomic E-state index is 12.8. The molecule has 0 radical (unpaired) electrons. The van der Waals surface area contributed by atoms with Gasteiger partial charge >= 0.3 is 6.18 Å². The molecule has 1 fully saturated rings. The van der Waals surface area contributed by atoms with E-state index in [1.54, 1.807) is 22.8 Å². The lowest BCUT2D eigenvalue weighted by atomic mass is 9.97.